The standard InChI is InChI=1S/C34H54N2O10/c1-13-15-42-33(8)17-18(3)25(37)20(5)28-34(9,46-32(40)35-28)24(14-2)44-30(39)22(7)26(38)21(6)29(33)45-31-27(41-12)23(36(10)11)16-19(4)43-31/h1,18-24,27-29,31H,14-17H2,2-12H3,(H,35,40)/t18-,19-,20+,21+,22-,23+,24-,27-,28-,29-,31+,33+,34-/m1/s1. The third-order valence-corrected chi connectivity index (χ3v) is 10.2. The van der Waals surface area contributed by atoms with Crippen LogP contribution in [0.1, 0.15) is 74.7 Å². The van der Waals surface area contributed by atoms with Crippen molar-refractivity contribution in [1.29, 1.82) is 0 Å². The van der Waals surface area contributed by atoms with Gasteiger partial charge in [0, 0.05) is 30.9 Å². The summed E-state index contributed by atoms with van der Waals surface area (Å²) >= 11 is 0. The molecule has 3 aliphatic heterocycles. The molecule has 1 amide bonds. The second-order valence-electron chi connectivity index (χ2n) is 13.9. The molecule has 0 radical (unpaired) electrons. The van der Waals surface area contributed by atoms with Gasteiger partial charge in [-0.05, 0) is 61.1 Å². The third-order valence-electron chi connectivity index (χ3n) is 10.2. The third kappa shape index (κ3) is 7.60. The van der Waals surface area contributed by atoms with Gasteiger partial charge in [0.1, 0.15) is 30.5 Å². The predicted octanol–water partition coefficient (Wildman–Crippen LogP) is 3.14. The monoisotopic (exact) mass is 650 g/mol. The molecule has 0 bridgehead atoms. The topological polar surface area (TPSA) is 139 Å². The van der Waals surface area contributed by atoms with Gasteiger partial charge < -0.3 is 38.6 Å². The summed E-state index contributed by atoms with van der Waals surface area (Å²) in [5.74, 6) is -2.38. The molecule has 0 aromatic rings. The number of hydrogen-bond donors (Lipinski definition) is 1. The van der Waals surface area contributed by atoms with Gasteiger partial charge in [0.25, 0.3) is 0 Å². The number of carbonyl (C=O) groups is 4. The number of ketones is 2. The lowest BCUT2D eigenvalue weighted by atomic mass is 9.73. The molecule has 0 aromatic heterocycles. The minimum absolute atomic E-state index is 0.0551. The zero-order valence-electron chi connectivity index (χ0n) is 29.3. The van der Waals surface area contributed by atoms with E-state index in [0.29, 0.717) is 6.42 Å². The molecule has 13 atom stereocenters. The molecule has 260 valence electrons. The SMILES string of the molecule is C#CCO[C@@]1(C)C[C@@H](C)C(=O)[C@H](C)[C@H]2NC(=O)O[C@]2(C)[C@@H](CC)OC(=O)[C@H](C)C(=O)[C@H](C)[C@H]1O[C@@H]1O[C@H](C)C[C@H](N(C)C)[C@H]1OC. The maximum Gasteiger partial charge on any atom is 0.408 e. The minimum atomic E-state index is -1.35. The number of carbonyl (C=O) groups excluding carboxylic acids is 4. The number of likely N-dealkylation sites (N-methyl/N-ethyl adjacent to an activating group) is 1. The molecule has 0 aromatic carbocycles. The molecule has 12 nitrogen and oxygen atoms in total. The molecule has 1 N–H and O–H groups in total. The molecule has 0 spiro atoms. The van der Waals surface area contributed by atoms with Crippen LogP contribution in [-0.2, 0) is 42.8 Å². The Morgan fingerprint density at radius 3 is 2.26 bits per heavy atom. The van der Waals surface area contributed by atoms with Crippen molar-refractivity contribution >= 4 is 23.6 Å². The Morgan fingerprint density at radius 2 is 1.70 bits per heavy atom. The Kier molecular flexibility index (Phi) is 12.5. The normalized spacial score (nSPS) is 42.8. The van der Waals surface area contributed by atoms with Gasteiger partial charge in [-0.2, -0.15) is 0 Å². The highest BCUT2D eigenvalue weighted by atomic mass is 16.7. The van der Waals surface area contributed by atoms with Crippen molar-refractivity contribution < 1.29 is 47.6 Å². The van der Waals surface area contributed by atoms with Gasteiger partial charge in [0.15, 0.2) is 17.7 Å². The average Bonchev–Trinajstić information content (AvgIpc) is 3.32. The zero-order valence-corrected chi connectivity index (χ0v) is 29.3. The van der Waals surface area contributed by atoms with E-state index in [-0.39, 0.29) is 37.4 Å². The summed E-state index contributed by atoms with van der Waals surface area (Å²) in [5, 5.41) is 2.77. The summed E-state index contributed by atoms with van der Waals surface area (Å²) in [6.45, 7) is 13.7. The molecule has 46 heavy (non-hydrogen) atoms. The lowest BCUT2D eigenvalue weighted by Crippen LogP contribution is -2.60. The van der Waals surface area contributed by atoms with Gasteiger partial charge >= 0.3 is 12.1 Å². The molecule has 3 heterocycles. The predicted molar refractivity (Wildman–Crippen MR) is 169 cm³/mol. The largest absolute Gasteiger partial charge is 0.458 e. The van der Waals surface area contributed by atoms with E-state index >= 15 is 0 Å². The minimum Gasteiger partial charge on any atom is -0.458 e. The highest BCUT2D eigenvalue weighted by Crippen LogP contribution is 2.40. The highest BCUT2D eigenvalue weighted by molar-refractivity contribution is 6.00. The fourth-order valence-corrected chi connectivity index (χ4v) is 7.58. The number of ether oxygens (including phenoxy) is 6. The molecule has 12 heteroatoms. The number of amides is 1. The number of cyclic esters (lactones) is 1. The number of nitrogens with zero attached hydrogens (tertiary/aromatic N) is 1. The molecule has 3 saturated heterocycles. The summed E-state index contributed by atoms with van der Waals surface area (Å²) in [6.07, 6.45) is 2.48. The van der Waals surface area contributed by atoms with E-state index in [0.717, 1.165) is 0 Å². The van der Waals surface area contributed by atoms with Crippen molar-refractivity contribution in [3.63, 3.8) is 0 Å². The van der Waals surface area contributed by atoms with Gasteiger partial charge in [0.2, 0.25) is 0 Å². The van der Waals surface area contributed by atoms with Crippen LogP contribution in [0.4, 0.5) is 4.79 Å². The Balaban J connectivity index is 2.16. The van der Waals surface area contributed by atoms with Crippen LogP contribution >= 0.6 is 0 Å². The van der Waals surface area contributed by atoms with Crippen molar-refractivity contribution in [3.05, 3.63) is 0 Å². The number of Topliss-reactive ketones (excluding diaryl/α,β-unsaturated/α-hetero) is 2. The Bertz CT molecular complexity index is 1170. The van der Waals surface area contributed by atoms with Gasteiger partial charge in [-0.1, -0.05) is 33.6 Å². The number of methoxy groups -OCH3 is 1. The summed E-state index contributed by atoms with van der Waals surface area (Å²) < 4.78 is 36.8. The molecule has 3 rings (SSSR count). The number of nitrogens with one attached hydrogen (secondary N) is 1. The smallest absolute Gasteiger partial charge is 0.408 e. The molecular formula is C34H54N2O10. The number of terminal acetylenes is 1. The van der Waals surface area contributed by atoms with E-state index in [4.69, 9.17) is 34.8 Å². The van der Waals surface area contributed by atoms with Gasteiger partial charge in [-0.15, -0.1) is 6.42 Å². The first-order valence-corrected chi connectivity index (χ1v) is 16.3. The maximum absolute atomic E-state index is 14.2. The number of fused-ring (bicyclic) bond motifs is 1. The van der Waals surface area contributed by atoms with E-state index in [2.05, 4.69) is 11.2 Å². The van der Waals surface area contributed by atoms with E-state index in [1.165, 1.54) is 6.92 Å². The first-order valence-electron chi connectivity index (χ1n) is 16.3. The fraction of sp³-hybridized carbons (Fsp3) is 0.824. The Labute approximate surface area is 273 Å². The number of alkyl carbamates (subject to hydrolysis) is 1. The summed E-state index contributed by atoms with van der Waals surface area (Å²) in [7, 11) is 5.48. The van der Waals surface area contributed by atoms with E-state index in [1.54, 1.807) is 48.7 Å². The van der Waals surface area contributed by atoms with Crippen molar-refractivity contribution in [2.45, 2.75) is 129 Å². The van der Waals surface area contributed by atoms with Crippen molar-refractivity contribution in [2.24, 2.45) is 23.7 Å². The van der Waals surface area contributed by atoms with Crippen LogP contribution < -0.4 is 5.32 Å². The van der Waals surface area contributed by atoms with E-state index in [9.17, 15) is 19.2 Å². The second kappa shape index (κ2) is 15.1. The highest BCUT2D eigenvalue weighted by Gasteiger charge is 2.57. The van der Waals surface area contributed by atoms with Crippen molar-refractivity contribution in [1.82, 2.24) is 10.2 Å². The van der Waals surface area contributed by atoms with Crippen LogP contribution in [0.25, 0.3) is 0 Å². The van der Waals surface area contributed by atoms with Crippen molar-refractivity contribution in [2.75, 3.05) is 27.8 Å². The quantitative estimate of drug-likeness (QED) is 0.247. The Morgan fingerprint density at radius 1 is 1.04 bits per heavy atom. The molecule has 0 unspecified atom stereocenters. The van der Waals surface area contributed by atoms with Crippen LogP contribution in [0.2, 0.25) is 0 Å². The summed E-state index contributed by atoms with van der Waals surface area (Å²) in [5.41, 5.74) is -2.65. The summed E-state index contributed by atoms with van der Waals surface area (Å²) in [4.78, 5) is 56.5. The number of esters is 1. The van der Waals surface area contributed by atoms with Crippen molar-refractivity contribution in [3.8, 4) is 12.3 Å². The van der Waals surface area contributed by atoms with Crippen LogP contribution in [-0.4, -0.2) is 110 Å². The zero-order chi connectivity index (χ0) is 34.7. The molecule has 3 aliphatic rings. The number of hydrogen-bond acceptors (Lipinski definition) is 11. The van der Waals surface area contributed by atoms with Crippen LogP contribution in [0.15, 0.2) is 0 Å². The maximum atomic E-state index is 14.2. The van der Waals surface area contributed by atoms with Crippen LogP contribution in [0.5, 0.6) is 0 Å². The molecule has 0 aliphatic carbocycles. The van der Waals surface area contributed by atoms with Gasteiger partial charge in [-0.3, -0.25) is 14.4 Å². The fourth-order valence-electron chi connectivity index (χ4n) is 7.58. The second-order valence-corrected chi connectivity index (χ2v) is 13.9. The lowest BCUT2D eigenvalue weighted by Gasteiger charge is -2.48. The first-order chi connectivity index (χ1) is 21.4. The van der Waals surface area contributed by atoms with E-state index in [1.807, 2.05) is 25.9 Å². The lowest BCUT2D eigenvalue weighted by molar-refractivity contribution is -0.300. The van der Waals surface area contributed by atoms with Crippen LogP contribution in [0.3, 0.4) is 0 Å². The van der Waals surface area contributed by atoms with Gasteiger partial charge in [-0.25, -0.2) is 4.79 Å². The Hall–Kier alpha value is -2.56. The molecule has 3 fully saturated rings. The van der Waals surface area contributed by atoms with E-state index < -0.39 is 83.4 Å². The average molecular weight is 651 g/mol. The van der Waals surface area contributed by atoms with Crippen LogP contribution in [0, 0.1) is 36.0 Å². The number of rotatable bonds is 7. The molecule has 0 saturated carbocycles. The van der Waals surface area contributed by atoms with Gasteiger partial charge in [0.05, 0.1) is 23.9 Å². The summed E-state index contributed by atoms with van der Waals surface area (Å²) in [6, 6.07) is -0.853. The molecular weight excluding hydrogens is 596 g/mol. The first kappa shape index (κ1) is 37.9.